The number of rotatable bonds is 9. The van der Waals surface area contributed by atoms with E-state index in [0.717, 1.165) is 18.5 Å². The molecule has 1 atom stereocenters. The Balaban J connectivity index is 2.09. The van der Waals surface area contributed by atoms with Crippen LogP contribution in [0.2, 0.25) is 0 Å². The smallest absolute Gasteiger partial charge is 0.230 e. The Hall–Kier alpha value is -1.42. The summed E-state index contributed by atoms with van der Waals surface area (Å²) < 4.78 is 2.88. The van der Waals surface area contributed by atoms with Crippen molar-refractivity contribution in [2.45, 2.75) is 40.0 Å². The molecule has 116 valence electrons. The molecular weight excluding hydrogens is 280 g/mol. The van der Waals surface area contributed by atoms with E-state index < -0.39 is 0 Å². The predicted molar refractivity (Wildman–Crippen MR) is 93.1 cm³/mol. The first-order chi connectivity index (χ1) is 10.1. The summed E-state index contributed by atoms with van der Waals surface area (Å²) in [4.78, 5) is 11.8. The molecule has 0 aliphatic heterocycles. The van der Waals surface area contributed by atoms with Crippen LogP contribution in [0.3, 0.4) is 0 Å². The van der Waals surface area contributed by atoms with E-state index in [9.17, 15) is 4.79 Å². The van der Waals surface area contributed by atoms with Gasteiger partial charge >= 0.3 is 0 Å². The van der Waals surface area contributed by atoms with Gasteiger partial charge in [0, 0.05) is 12.1 Å². The van der Waals surface area contributed by atoms with Crippen molar-refractivity contribution in [3.05, 3.63) is 42.0 Å². The zero-order chi connectivity index (χ0) is 15.5. The van der Waals surface area contributed by atoms with Gasteiger partial charge in [-0.25, -0.2) is 0 Å². The minimum Gasteiger partial charge on any atom is -0.374 e. The average molecular weight is 306 g/mol. The van der Waals surface area contributed by atoms with Crippen molar-refractivity contribution in [3.63, 3.8) is 0 Å². The molecule has 0 saturated carbocycles. The molecule has 1 unspecified atom stereocenters. The average Bonchev–Trinajstić information content (AvgIpc) is 2.44. The van der Waals surface area contributed by atoms with Crippen LogP contribution in [0.1, 0.15) is 40.0 Å². The highest BCUT2D eigenvalue weighted by molar-refractivity contribution is 7.98. The molecule has 21 heavy (non-hydrogen) atoms. The molecule has 0 heterocycles. The predicted octanol–water partition coefficient (Wildman–Crippen LogP) is 4.59. The fraction of sp³-hybridized carbons (Fsp3) is 0.471. The van der Waals surface area contributed by atoms with Gasteiger partial charge in [0.2, 0.25) is 5.91 Å². The fourth-order valence-electron chi connectivity index (χ4n) is 1.91. The maximum atomic E-state index is 11.8. The van der Waals surface area contributed by atoms with Crippen molar-refractivity contribution < 1.29 is 4.79 Å². The van der Waals surface area contributed by atoms with Crippen LogP contribution in [0.4, 0.5) is 5.69 Å². The van der Waals surface area contributed by atoms with Gasteiger partial charge in [0.15, 0.2) is 0 Å². The van der Waals surface area contributed by atoms with Crippen molar-refractivity contribution >= 4 is 23.5 Å². The number of anilines is 1. The number of para-hydroxylation sites is 1. The summed E-state index contributed by atoms with van der Waals surface area (Å²) in [5, 5.41) is 3.24. The standard InChI is InChI=1S/C17H26N2OS/c1-14(2)8-7-9-15(3)12-17(20)19-21-13-18-16-10-5-4-6-11-16/h4-6,8,10-11,15,18H,7,9,12-13H2,1-3H3,(H,19,20). The minimum atomic E-state index is 0.111. The summed E-state index contributed by atoms with van der Waals surface area (Å²) >= 11 is 1.40. The van der Waals surface area contributed by atoms with Crippen molar-refractivity contribution in [1.82, 2.24) is 4.72 Å². The molecular formula is C17H26N2OS. The molecule has 1 amide bonds. The number of carbonyl (C=O) groups is 1. The third-order valence-corrected chi connectivity index (χ3v) is 3.71. The lowest BCUT2D eigenvalue weighted by atomic mass is 10.0. The topological polar surface area (TPSA) is 41.1 Å². The Morgan fingerprint density at radius 2 is 2.00 bits per heavy atom. The molecule has 0 bridgehead atoms. The van der Waals surface area contributed by atoms with Crippen LogP contribution in [0.15, 0.2) is 42.0 Å². The summed E-state index contributed by atoms with van der Waals surface area (Å²) in [5.74, 6) is 1.20. The first kappa shape index (κ1) is 17.6. The second kappa shape index (κ2) is 10.3. The second-order valence-corrected chi connectivity index (χ2v) is 6.31. The van der Waals surface area contributed by atoms with Crippen LogP contribution in [0.5, 0.6) is 0 Å². The molecule has 1 aromatic rings. The first-order valence-corrected chi connectivity index (χ1v) is 8.39. The van der Waals surface area contributed by atoms with Crippen LogP contribution in [-0.2, 0) is 4.79 Å². The van der Waals surface area contributed by atoms with Gasteiger partial charge < -0.3 is 5.32 Å². The molecule has 0 fully saturated rings. The zero-order valence-electron chi connectivity index (χ0n) is 13.2. The molecule has 0 aliphatic carbocycles. The van der Waals surface area contributed by atoms with Crippen LogP contribution in [0.25, 0.3) is 0 Å². The van der Waals surface area contributed by atoms with E-state index in [1.165, 1.54) is 17.5 Å². The number of benzene rings is 1. The lowest BCUT2D eigenvalue weighted by Gasteiger charge is -2.11. The van der Waals surface area contributed by atoms with Gasteiger partial charge in [0.1, 0.15) is 0 Å². The number of allylic oxidation sites excluding steroid dienone is 2. The van der Waals surface area contributed by atoms with Gasteiger partial charge in [-0.05, 0) is 56.7 Å². The van der Waals surface area contributed by atoms with E-state index in [4.69, 9.17) is 0 Å². The van der Waals surface area contributed by atoms with E-state index in [1.54, 1.807) is 0 Å². The molecule has 1 rings (SSSR count). The molecule has 1 aromatic carbocycles. The highest BCUT2D eigenvalue weighted by Gasteiger charge is 2.08. The molecule has 0 aliphatic rings. The van der Waals surface area contributed by atoms with E-state index in [2.05, 4.69) is 36.9 Å². The Morgan fingerprint density at radius 1 is 1.29 bits per heavy atom. The highest BCUT2D eigenvalue weighted by Crippen LogP contribution is 2.12. The zero-order valence-corrected chi connectivity index (χ0v) is 14.0. The van der Waals surface area contributed by atoms with Gasteiger partial charge in [-0.15, -0.1) is 0 Å². The van der Waals surface area contributed by atoms with Crippen LogP contribution in [-0.4, -0.2) is 11.8 Å². The third kappa shape index (κ3) is 9.19. The Kier molecular flexibility index (Phi) is 8.67. The Labute approximate surface area is 132 Å². The first-order valence-electron chi connectivity index (χ1n) is 7.41. The van der Waals surface area contributed by atoms with E-state index in [1.807, 2.05) is 30.3 Å². The normalized spacial score (nSPS) is 11.6. The van der Waals surface area contributed by atoms with Gasteiger partial charge in [-0.1, -0.05) is 36.8 Å². The van der Waals surface area contributed by atoms with Crippen LogP contribution >= 0.6 is 11.9 Å². The second-order valence-electron chi connectivity index (χ2n) is 5.52. The van der Waals surface area contributed by atoms with Crippen LogP contribution in [0, 0.1) is 5.92 Å². The number of amides is 1. The third-order valence-electron chi connectivity index (χ3n) is 3.05. The van der Waals surface area contributed by atoms with Gasteiger partial charge in [-0.2, -0.15) is 0 Å². The molecule has 0 saturated heterocycles. The largest absolute Gasteiger partial charge is 0.374 e. The van der Waals surface area contributed by atoms with Crippen molar-refractivity contribution in [1.29, 1.82) is 0 Å². The van der Waals surface area contributed by atoms with E-state index in [0.29, 0.717) is 18.2 Å². The Morgan fingerprint density at radius 3 is 2.67 bits per heavy atom. The molecule has 2 N–H and O–H groups in total. The summed E-state index contributed by atoms with van der Waals surface area (Å²) in [6.07, 6.45) is 4.94. The maximum absolute atomic E-state index is 11.8. The van der Waals surface area contributed by atoms with Crippen molar-refractivity contribution in [3.8, 4) is 0 Å². The summed E-state index contributed by atoms with van der Waals surface area (Å²) in [7, 11) is 0. The van der Waals surface area contributed by atoms with Gasteiger partial charge in [0.05, 0.1) is 5.88 Å². The monoisotopic (exact) mass is 306 g/mol. The number of nitrogens with one attached hydrogen (secondary N) is 2. The SMILES string of the molecule is CC(C)=CCCC(C)CC(=O)NSCNc1ccccc1. The summed E-state index contributed by atoms with van der Waals surface area (Å²) in [6.45, 7) is 6.34. The quantitative estimate of drug-likeness (QED) is 0.303. The highest BCUT2D eigenvalue weighted by atomic mass is 32.2. The summed E-state index contributed by atoms with van der Waals surface area (Å²) in [6, 6.07) is 9.97. The van der Waals surface area contributed by atoms with Crippen molar-refractivity contribution in [2.75, 3.05) is 11.2 Å². The molecule has 0 spiro atoms. The maximum Gasteiger partial charge on any atom is 0.230 e. The number of carbonyl (C=O) groups excluding carboxylic acids is 1. The van der Waals surface area contributed by atoms with Gasteiger partial charge in [-0.3, -0.25) is 9.52 Å². The van der Waals surface area contributed by atoms with E-state index >= 15 is 0 Å². The lowest BCUT2D eigenvalue weighted by Crippen LogP contribution is -2.20. The lowest BCUT2D eigenvalue weighted by molar-refractivity contribution is -0.120. The molecule has 0 radical (unpaired) electrons. The Bertz CT molecular complexity index is 441. The van der Waals surface area contributed by atoms with Gasteiger partial charge in [0.25, 0.3) is 0 Å². The van der Waals surface area contributed by atoms with Crippen molar-refractivity contribution in [2.24, 2.45) is 5.92 Å². The molecule has 3 nitrogen and oxygen atoms in total. The van der Waals surface area contributed by atoms with E-state index in [-0.39, 0.29) is 5.91 Å². The molecule has 0 aromatic heterocycles. The summed E-state index contributed by atoms with van der Waals surface area (Å²) in [5.41, 5.74) is 2.41. The number of hydrogen-bond donors (Lipinski definition) is 2. The fourth-order valence-corrected chi connectivity index (χ4v) is 2.46. The number of hydrogen-bond acceptors (Lipinski definition) is 3. The van der Waals surface area contributed by atoms with Crippen LogP contribution < -0.4 is 10.0 Å². The minimum absolute atomic E-state index is 0.111. The molecule has 4 heteroatoms.